The predicted molar refractivity (Wildman–Crippen MR) is 84.5 cm³/mol. The number of likely N-dealkylation sites (tertiary alicyclic amines) is 1. The lowest BCUT2D eigenvalue weighted by molar-refractivity contribution is 0.0756. The molecule has 2 heterocycles. The zero-order chi connectivity index (χ0) is 14.5. The van der Waals surface area contributed by atoms with Crippen molar-refractivity contribution in [3.63, 3.8) is 0 Å². The second-order valence-electron chi connectivity index (χ2n) is 6.26. The molecule has 4 heteroatoms. The van der Waals surface area contributed by atoms with E-state index in [1.54, 1.807) is 6.20 Å². The summed E-state index contributed by atoms with van der Waals surface area (Å²) < 4.78 is 0. The summed E-state index contributed by atoms with van der Waals surface area (Å²) in [5, 5.41) is 3.54. The van der Waals surface area contributed by atoms with Gasteiger partial charge < -0.3 is 10.2 Å². The van der Waals surface area contributed by atoms with Gasteiger partial charge in [-0.2, -0.15) is 0 Å². The van der Waals surface area contributed by atoms with Gasteiger partial charge in [-0.05, 0) is 37.8 Å². The minimum atomic E-state index is 0.0898. The summed E-state index contributed by atoms with van der Waals surface area (Å²) in [4.78, 5) is 18.8. The number of carbonyl (C=O) groups excluding carboxylic acids is 1. The Labute approximate surface area is 126 Å². The molecule has 1 saturated heterocycles. The van der Waals surface area contributed by atoms with Crippen LogP contribution in [0.4, 0.5) is 5.69 Å². The fraction of sp³-hybridized carbons (Fsp3) is 0.647. The quantitative estimate of drug-likeness (QED) is 0.926. The molecule has 0 bridgehead atoms. The van der Waals surface area contributed by atoms with Gasteiger partial charge in [0.25, 0.3) is 5.91 Å². The summed E-state index contributed by atoms with van der Waals surface area (Å²) in [6.07, 6.45) is 11.5. The van der Waals surface area contributed by atoms with E-state index in [0.717, 1.165) is 31.6 Å². The Morgan fingerprint density at radius 1 is 1.10 bits per heavy atom. The molecule has 0 unspecified atom stereocenters. The molecule has 0 spiro atoms. The number of rotatable bonds is 3. The number of carbonyl (C=O) groups is 1. The van der Waals surface area contributed by atoms with Crippen LogP contribution in [0.25, 0.3) is 0 Å². The number of aromatic nitrogens is 1. The van der Waals surface area contributed by atoms with Gasteiger partial charge in [0.1, 0.15) is 5.69 Å². The summed E-state index contributed by atoms with van der Waals surface area (Å²) >= 11 is 0. The maximum absolute atomic E-state index is 12.6. The molecule has 4 nitrogen and oxygen atoms in total. The molecule has 2 fully saturated rings. The third kappa shape index (κ3) is 3.74. The molecule has 3 rings (SSSR count). The average Bonchev–Trinajstić information content (AvgIpc) is 2.87. The van der Waals surface area contributed by atoms with E-state index in [1.165, 1.54) is 38.5 Å². The molecule has 0 aromatic carbocycles. The fourth-order valence-corrected chi connectivity index (χ4v) is 3.38. The lowest BCUT2D eigenvalue weighted by atomic mass is 10.2. The molecule has 2 aliphatic rings. The SMILES string of the molecule is O=C(c1cc(NC2CCCC2)ccn1)N1CCCCCC1. The van der Waals surface area contributed by atoms with E-state index in [2.05, 4.69) is 10.3 Å². The topological polar surface area (TPSA) is 45.2 Å². The third-order valence-electron chi connectivity index (χ3n) is 4.60. The van der Waals surface area contributed by atoms with Crippen molar-refractivity contribution in [3.05, 3.63) is 24.0 Å². The van der Waals surface area contributed by atoms with Crippen LogP contribution >= 0.6 is 0 Å². The molecule has 114 valence electrons. The van der Waals surface area contributed by atoms with Gasteiger partial charge >= 0.3 is 0 Å². The lowest BCUT2D eigenvalue weighted by Gasteiger charge is -2.20. The highest BCUT2D eigenvalue weighted by Gasteiger charge is 2.19. The van der Waals surface area contributed by atoms with Gasteiger partial charge in [-0.15, -0.1) is 0 Å². The van der Waals surface area contributed by atoms with Gasteiger partial charge in [-0.1, -0.05) is 25.7 Å². The minimum absolute atomic E-state index is 0.0898. The number of amides is 1. The van der Waals surface area contributed by atoms with Crippen molar-refractivity contribution < 1.29 is 4.79 Å². The van der Waals surface area contributed by atoms with E-state index in [4.69, 9.17) is 0 Å². The van der Waals surface area contributed by atoms with Crippen LogP contribution in [0.5, 0.6) is 0 Å². The zero-order valence-electron chi connectivity index (χ0n) is 12.7. The molecule has 0 atom stereocenters. The van der Waals surface area contributed by atoms with Crippen LogP contribution in [0.1, 0.15) is 61.9 Å². The van der Waals surface area contributed by atoms with Crippen LogP contribution in [0.3, 0.4) is 0 Å². The van der Waals surface area contributed by atoms with Crippen molar-refractivity contribution in [1.29, 1.82) is 0 Å². The van der Waals surface area contributed by atoms with Crippen molar-refractivity contribution in [2.24, 2.45) is 0 Å². The van der Waals surface area contributed by atoms with Crippen LogP contribution in [-0.4, -0.2) is 34.9 Å². The molecule has 1 N–H and O–H groups in total. The first-order valence-corrected chi connectivity index (χ1v) is 8.35. The van der Waals surface area contributed by atoms with E-state index in [1.807, 2.05) is 17.0 Å². The Morgan fingerprint density at radius 2 is 1.81 bits per heavy atom. The fourth-order valence-electron chi connectivity index (χ4n) is 3.38. The Kier molecular flexibility index (Phi) is 4.73. The molecule has 1 saturated carbocycles. The number of nitrogens with one attached hydrogen (secondary N) is 1. The highest BCUT2D eigenvalue weighted by atomic mass is 16.2. The first-order chi connectivity index (χ1) is 10.3. The summed E-state index contributed by atoms with van der Waals surface area (Å²) in [5.41, 5.74) is 1.62. The largest absolute Gasteiger partial charge is 0.382 e. The van der Waals surface area contributed by atoms with Gasteiger partial charge in [0.05, 0.1) is 0 Å². The average molecular weight is 287 g/mol. The highest BCUT2D eigenvalue weighted by molar-refractivity contribution is 5.93. The predicted octanol–water partition coefficient (Wildman–Crippen LogP) is 3.45. The van der Waals surface area contributed by atoms with Crippen molar-refractivity contribution in [1.82, 2.24) is 9.88 Å². The molecule has 21 heavy (non-hydrogen) atoms. The van der Waals surface area contributed by atoms with Gasteiger partial charge in [0, 0.05) is 31.0 Å². The first-order valence-electron chi connectivity index (χ1n) is 8.35. The molecular weight excluding hydrogens is 262 g/mol. The second-order valence-corrected chi connectivity index (χ2v) is 6.26. The number of nitrogens with zero attached hydrogens (tertiary/aromatic N) is 2. The van der Waals surface area contributed by atoms with E-state index in [-0.39, 0.29) is 5.91 Å². The van der Waals surface area contributed by atoms with E-state index < -0.39 is 0 Å². The summed E-state index contributed by atoms with van der Waals surface area (Å²) in [6.45, 7) is 1.75. The van der Waals surface area contributed by atoms with Crippen LogP contribution in [0, 0.1) is 0 Å². The van der Waals surface area contributed by atoms with Gasteiger partial charge in [-0.25, -0.2) is 0 Å². The van der Waals surface area contributed by atoms with Gasteiger partial charge in [0.15, 0.2) is 0 Å². The molecule has 1 amide bonds. The number of hydrogen-bond donors (Lipinski definition) is 1. The lowest BCUT2D eigenvalue weighted by Crippen LogP contribution is -2.32. The number of anilines is 1. The smallest absolute Gasteiger partial charge is 0.272 e. The Balaban J connectivity index is 1.67. The molecule has 1 aromatic rings. The maximum Gasteiger partial charge on any atom is 0.272 e. The van der Waals surface area contributed by atoms with E-state index in [0.29, 0.717) is 11.7 Å². The third-order valence-corrected chi connectivity index (χ3v) is 4.60. The Bertz CT molecular complexity index is 475. The number of pyridine rings is 1. The summed E-state index contributed by atoms with van der Waals surface area (Å²) in [5.74, 6) is 0.0898. The normalized spacial score (nSPS) is 20.3. The van der Waals surface area contributed by atoms with Crippen LogP contribution in [-0.2, 0) is 0 Å². The van der Waals surface area contributed by atoms with Crippen molar-refractivity contribution >= 4 is 11.6 Å². The Hall–Kier alpha value is -1.58. The minimum Gasteiger partial charge on any atom is -0.382 e. The molecular formula is C17H25N3O. The van der Waals surface area contributed by atoms with Gasteiger partial charge in [0.2, 0.25) is 0 Å². The summed E-state index contributed by atoms with van der Waals surface area (Å²) in [6, 6.07) is 4.46. The zero-order valence-corrected chi connectivity index (χ0v) is 12.7. The van der Waals surface area contributed by atoms with Gasteiger partial charge in [-0.3, -0.25) is 9.78 Å². The van der Waals surface area contributed by atoms with Crippen LogP contribution in [0.15, 0.2) is 18.3 Å². The van der Waals surface area contributed by atoms with Crippen molar-refractivity contribution in [3.8, 4) is 0 Å². The monoisotopic (exact) mass is 287 g/mol. The van der Waals surface area contributed by atoms with E-state index >= 15 is 0 Å². The second kappa shape index (κ2) is 6.92. The Morgan fingerprint density at radius 3 is 2.52 bits per heavy atom. The molecule has 0 radical (unpaired) electrons. The van der Waals surface area contributed by atoms with Crippen molar-refractivity contribution in [2.45, 2.75) is 57.4 Å². The highest BCUT2D eigenvalue weighted by Crippen LogP contribution is 2.22. The van der Waals surface area contributed by atoms with Crippen LogP contribution in [0.2, 0.25) is 0 Å². The molecule has 1 aliphatic carbocycles. The summed E-state index contributed by atoms with van der Waals surface area (Å²) in [7, 11) is 0. The maximum atomic E-state index is 12.6. The molecule has 1 aliphatic heterocycles. The molecule has 1 aromatic heterocycles. The number of hydrogen-bond acceptors (Lipinski definition) is 3. The van der Waals surface area contributed by atoms with E-state index in [9.17, 15) is 4.79 Å². The standard InChI is InChI=1S/C17H25N3O/c21-17(20-11-5-1-2-6-12-20)16-13-15(9-10-18-16)19-14-7-3-4-8-14/h9-10,13-14H,1-8,11-12H2,(H,18,19). The van der Waals surface area contributed by atoms with Crippen molar-refractivity contribution in [2.75, 3.05) is 18.4 Å². The van der Waals surface area contributed by atoms with Crippen LogP contribution < -0.4 is 5.32 Å². The first kappa shape index (κ1) is 14.4.